The quantitative estimate of drug-likeness (QED) is 0.816. The fourth-order valence-corrected chi connectivity index (χ4v) is 2.11. The summed E-state index contributed by atoms with van der Waals surface area (Å²) < 4.78 is 11.2. The SMILES string of the molecule is CCS(=O)CCNc1cc(Cl)c(Cl)cc1N. The lowest BCUT2D eigenvalue weighted by atomic mass is 10.2. The summed E-state index contributed by atoms with van der Waals surface area (Å²) in [6.07, 6.45) is 0. The maximum absolute atomic E-state index is 11.2. The number of nitrogen functional groups attached to an aromatic ring is 1. The van der Waals surface area contributed by atoms with Gasteiger partial charge >= 0.3 is 0 Å². The molecule has 16 heavy (non-hydrogen) atoms. The maximum atomic E-state index is 11.2. The molecule has 1 unspecified atom stereocenters. The molecule has 0 saturated heterocycles. The number of hydrogen-bond donors (Lipinski definition) is 2. The molecule has 90 valence electrons. The molecule has 6 heteroatoms. The van der Waals surface area contributed by atoms with Crippen molar-refractivity contribution in [3.63, 3.8) is 0 Å². The van der Waals surface area contributed by atoms with Crippen molar-refractivity contribution in [3.05, 3.63) is 22.2 Å². The highest BCUT2D eigenvalue weighted by Crippen LogP contribution is 2.30. The highest BCUT2D eigenvalue weighted by molar-refractivity contribution is 7.84. The lowest BCUT2D eigenvalue weighted by molar-refractivity contribution is 0.684. The van der Waals surface area contributed by atoms with Crippen LogP contribution in [0.15, 0.2) is 12.1 Å². The second-order valence-corrected chi connectivity index (χ2v) is 5.89. The van der Waals surface area contributed by atoms with E-state index in [-0.39, 0.29) is 0 Å². The first-order valence-electron chi connectivity index (χ1n) is 4.88. The van der Waals surface area contributed by atoms with Crippen molar-refractivity contribution in [3.8, 4) is 0 Å². The Morgan fingerprint density at radius 1 is 1.38 bits per heavy atom. The van der Waals surface area contributed by atoms with Crippen LogP contribution in [0.1, 0.15) is 6.92 Å². The molecule has 0 spiro atoms. The molecule has 0 aliphatic heterocycles. The average molecular weight is 281 g/mol. The first-order chi connectivity index (χ1) is 7.54. The van der Waals surface area contributed by atoms with Gasteiger partial charge < -0.3 is 11.1 Å². The van der Waals surface area contributed by atoms with Crippen molar-refractivity contribution < 1.29 is 4.21 Å². The Bertz CT molecular complexity index is 399. The molecule has 0 radical (unpaired) electrons. The molecule has 0 aliphatic rings. The fraction of sp³-hybridized carbons (Fsp3) is 0.400. The molecule has 0 heterocycles. The maximum Gasteiger partial charge on any atom is 0.0614 e. The predicted molar refractivity (Wildman–Crippen MR) is 72.9 cm³/mol. The number of nitrogens with two attached hydrogens (primary N) is 1. The lowest BCUT2D eigenvalue weighted by Crippen LogP contribution is -2.12. The van der Waals surface area contributed by atoms with Gasteiger partial charge in [-0.25, -0.2) is 0 Å². The topological polar surface area (TPSA) is 55.1 Å². The Balaban J connectivity index is 2.60. The van der Waals surface area contributed by atoms with Gasteiger partial charge in [-0.2, -0.15) is 0 Å². The molecule has 1 atom stereocenters. The van der Waals surface area contributed by atoms with Gasteiger partial charge in [-0.15, -0.1) is 0 Å². The smallest absolute Gasteiger partial charge is 0.0614 e. The standard InChI is InChI=1S/C10H14Cl2N2OS/c1-2-16(15)4-3-14-10-6-8(12)7(11)5-9(10)13/h5-6,14H,2-4,13H2,1H3. The number of nitrogens with one attached hydrogen (secondary N) is 1. The Labute approximate surface area is 108 Å². The molecule has 0 amide bonds. The second-order valence-electron chi connectivity index (χ2n) is 3.21. The Kier molecular flexibility index (Phi) is 5.38. The first kappa shape index (κ1) is 13.6. The molecule has 0 bridgehead atoms. The number of hydrogen-bond acceptors (Lipinski definition) is 3. The van der Waals surface area contributed by atoms with Gasteiger partial charge in [-0.3, -0.25) is 4.21 Å². The summed E-state index contributed by atoms with van der Waals surface area (Å²) in [5.74, 6) is 1.26. The Hall–Kier alpha value is -0.450. The number of halogens is 2. The fourth-order valence-electron chi connectivity index (χ4n) is 1.16. The highest BCUT2D eigenvalue weighted by Gasteiger charge is 2.05. The average Bonchev–Trinajstić information content (AvgIpc) is 2.25. The van der Waals surface area contributed by atoms with Crippen LogP contribution in [-0.4, -0.2) is 22.3 Å². The molecular formula is C10H14Cl2N2OS. The molecule has 3 nitrogen and oxygen atoms in total. The summed E-state index contributed by atoms with van der Waals surface area (Å²) in [5.41, 5.74) is 7.02. The van der Waals surface area contributed by atoms with E-state index in [1.165, 1.54) is 0 Å². The van der Waals surface area contributed by atoms with Crippen molar-refractivity contribution in [2.45, 2.75) is 6.92 Å². The minimum absolute atomic E-state index is 0.432. The van der Waals surface area contributed by atoms with Crippen LogP contribution >= 0.6 is 23.2 Å². The summed E-state index contributed by atoms with van der Waals surface area (Å²) in [7, 11) is -0.779. The van der Waals surface area contributed by atoms with Crippen LogP contribution in [0.25, 0.3) is 0 Å². The molecule has 0 aliphatic carbocycles. The van der Waals surface area contributed by atoms with E-state index >= 15 is 0 Å². The zero-order valence-electron chi connectivity index (χ0n) is 8.93. The molecule has 1 rings (SSSR count). The number of anilines is 2. The third kappa shape index (κ3) is 3.85. The lowest BCUT2D eigenvalue weighted by Gasteiger charge is -2.10. The minimum Gasteiger partial charge on any atom is -0.397 e. The molecular weight excluding hydrogens is 267 g/mol. The van der Waals surface area contributed by atoms with Crippen LogP contribution in [0, 0.1) is 0 Å². The number of benzene rings is 1. The van der Waals surface area contributed by atoms with Crippen LogP contribution in [0.4, 0.5) is 11.4 Å². The van der Waals surface area contributed by atoms with Gasteiger partial charge in [0.15, 0.2) is 0 Å². The van der Waals surface area contributed by atoms with Gasteiger partial charge in [0, 0.05) is 28.9 Å². The van der Waals surface area contributed by atoms with Crippen LogP contribution < -0.4 is 11.1 Å². The highest BCUT2D eigenvalue weighted by atomic mass is 35.5. The summed E-state index contributed by atoms with van der Waals surface area (Å²) >= 11 is 11.7. The monoisotopic (exact) mass is 280 g/mol. The Morgan fingerprint density at radius 3 is 2.62 bits per heavy atom. The van der Waals surface area contributed by atoms with Crippen LogP contribution in [0.3, 0.4) is 0 Å². The van der Waals surface area contributed by atoms with Crippen molar-refractivity contribution in [1.82, 2.24) is 0 Å². The molecule has 1 aromatic rings. The van der Waals surface area contributed by atoms with E-state index in [0.29, 0.717) is 33.8 Å². The minimum atomic E-state index is -0.779. The zero-order valence-corrected chi connectivity index (χ0v) is 11.3. The summed E-state index contributed by atoms with van der Waals surface area (Å²) in [4.78, 5) is 0. The molecule has 3 N–H and O–H groups in total. The largest absolute Gasteiger partial charge is 0.397 e. The van der Waals surface area contributed by atoms with Gasteiger partial charge in [0.2, 0.25) is 0 Å². The van der Waals surface area contributed by atoms with E-state index in [4.69, 9.17) is 28.9 Å². The van der Waals surface area contributed by atoms with E-state index in [9.17, 15) is 4.21 Å². The van der Waals surface area contributed by atoms with E-state index in [1.54, 1.807) is 12.1 Å². The van der Waals surface area contributed by atoms with Crippen molar-refractivity contribution in [1.29, 1.82) is 0 Å². The first-order valence-corrected chi connectivity index (χ1v) is 7.12. The van der Waals surface area contributed by atoms with Crippen LogP contribution in [0.2, 0.25) is 10.0 Å². The third-order valence-electron chi connectivity index (χ3n) is 2.06. The Morgan fingerprint density at radius 2 is 2.00 bits per heavy atom. The molecule has 0 saturated carbocycles. The third-order valence-corrected chi connectivity index (χ3v) is 4.09. The van der Waals surface area contributed by atoms with Crippen molar-refractivity contribution in [2.75, 3.05) is 29.1 Å². The van der Waals surface area contributed by atoms with Gasteiger partial charge in [-0.1, -0.05) is 30.1 Å². The normalized spacial score (nSPS) is 12.4. The molecule has 0 fully saturated rings. The predicted octanol–water partition coefficient (Wildman–Crippen LogP) is 2.76. The van der Waals surface area contributed by atoms with E-state index < -0.39 is 10.8 Å². The van der Waals surface area contributed by atoms with E-state index in [1.807, 2.05) is 6.92 Å². The molecule has 0 aromatic heterocycles. The zero-order chi connectivity index (χ0) is 12.1. The van der Waals surface area contributed by atoms with Crippen molar-refractivity contribution >= 4 is 45.4 Å². The summed E-state index contributed by atoms with van der Waals surface area (Å²) in [6, 6.07) is 3.27. The van der Waals surface area contributed by atoms with E-state index in [0.717, 1.165) is 5.69 Å². The van der Waals surface area contributed by atoms with Gasteiger partial charge in [0.1, 0.15) is 0 Å². The van der Waals surface area contributed by atoms with Crippen LogP contribution in [-0.2, 0) is 10.8 Å². The van der Waals surface area contributed by atoms with Crippen LogP contribution in [0.5, 0.6) is 0 Å². The van der Waals surface area contributed by atoms with E-state index in [2.05, 4.69) is 5.32 Å². The van der Waals surface area contributed by atoms with Crippen molar-refractivity contribution in [2.24, 2.45) is 0 Å². The molecule has 1 aromatic carbocycles. The van der Waals surface area contributed by atoms with Gasteiger partial charge in [0.05, 0.1) is 21.4 Å². The summed E-state index contributed by atoms with van der Waals surface area (Å²) in [6.45, 7) is 2.49. The second kappa shape index (κ2) is 6.33. The van der Waals surface area contributed by atoms with Gasteiger partial charge in [0.25, 0.3) is 0 Å². The van der Waals surface area contributed by atoms with Gasteiger partial charge in [-0.05, 0) is 12.1 Å². The summed E-state index contributed by atoms with van der Waals surface area (Å²) in [5, 5.41) is 3.97. The number of rotatable bonds is 5.